The lowest BCUT2D eigenvalue weighted by molar-refractivity contribution is -0.139. The van der Waals surface area contributed by atoms with Crippen LogP contribution < -0.4 is 25.5 Å². The Balaban J connectivity index is 1.97. The minimum atomic E-state index is -0.866. The summed E-state index contributed by atoms with van der Waals surface area (Å²) in [6.07, 6.45) is 1.35. The van der Waals surface area contributed by atoms with Gasteiger partial charge >= 0.3 is 11.8 Å². The fourth-order valence-electron chi connectivity index (χ4n) is 2.42. The van der Waals surface area contributed by atoms with Crippen molar-refractivity contribution in [2.45, 2.75) is 13.8 Å². The van der Waals surface area contributed by atoms with Crippen molar-refractivity contribution in [1.29, 1.82) is 0 Å². The molecule has 0 spiro atoms. The van der Waals surface area contributed by atoms with Gasteiger partial charge < -0.3 is 20.1 Å². The lowest BCUT2D eigenvalue weighted by atomic mass is 10.2. The zero-order valence-corrected chi connectivity index (χ0v) is 21.4. The lowest BCUT2D eigenvalue weighted by Crippen LogP contribution is -2.39. The van der Waals surface area contributed by atoms with E-state index in [1.54, 1.807) is 24.3 Å². The van der Waals surface area contributed by atoms with Crippen molar-refractivity contribution in [2.24, 2.45) is 11.0 Å². The molecule has 0 bridgehead atoms. The molecule has 11 heteroatoms. The van der Waals surface area contributed by atoms with E-state index in [1.807, 2.05) is 26.0 Å². The molecule has 0 aliphatic rings. The van der Waals surface area contributed by atoms with Gasteiger partial charge in [0.1, 0.15) is 0 Å². The van der Waals surface area contributed by atoms with Gasteiger partial charge in [-0.25, -0.2) is 5.43 Å². The van der Waals surface area contributed by atoms with Crippen molar-refractivity contribution in [3.63, 3.8) is 0 Å². The van der Waals surface area contributed by atoms with E-state index in [9.17, 15) is 14.4 Å². The Morgan fingerprint density at radius 1 is 1.09 bits per heavy atom. The van der Waals surface area contributed by atoms with Crippen molar-refractivity contribution in [1.82, 2.24) is 10.7 Å². The molecule has 33 heavy (non-hydrogen) atoms. The number of rotatable bonds is 9. The quantitative estimate of drug-likeness (QED) is 0.237. The molecule has 0 aliphatic heterocycles. The van der Waals surface area contributed by atoms with E-state index in [0.717, 1.165) is 4.47 Å². The summed E-state index contributed by atoms with van der Waals surface area (Å²) >= 11 is 6.73. The van der Waals surface area contributed by atoms with Crippen LogP contribution in [0.5, 0.6) is 11.5 Å². The van der Waals surface area contributed by atoms with Crippen molar-refractivity contribution < 1.29 is 23.9 Å². The summed E-state index contributed by atoms with van der Waals surface area (Å²) in [7, 11) is 1.46. The van der Waals surface area contributed by atoms with Crippen LogP contribution in [0, 0.1) is 5.92 Å². The monoisotopic (exact) mass is 582 g/mol. The maximum Gasteiger partial charge on any atom is 0.329 e. The van der Waals surface area contributed by atoms with E-state index in [1.165, 1.54) is 13.3 Å². The number of nitrogens with zero attached hydrogens (tertiary/aromatic N) is 1. The van der Waals surface area contributed by atoms with E-state index in [0.29, 0.717) is 33.8 Å². The summed E-state index contributed by atoms with van der Waals surface area (Å²) in [5.41, 5.74) is 3.37. The second-order valence-electron chi connectivity index (χ2n) is 7.18. The number of hydrazone groups is 1. The topological polar surface area (TPSA) is 118 Å². The molecule has 2 aromatic rings. The molecule has 3 N–H and O–H groups in total. The number of hydrogen-bond donors (Lipinski definition) is 3. The lowest BCUT2D eigenvalue weighted by Gasteiger charge is -2.13. The maximum absolute atomic E-state index is 12.2. The molecule has 2 aromatic carbocycles. The summed E-state index contributed by atoms with van der Waals surface area (Å²) in [6.45, 7) is 4.00. The molecule has 0 aliphatic carbocycles. The number of halogens is 2. The average Bonchev–Trinajstić information content (AvgIpc) is 2.77. The van der Waals surface area contributed by atoms with Gasteiger partial charge in [0.05, 0.1) is 17.8 Å². The summed E-state index contributed by atoms with van der Waals surface area (Å²) in [4.78, 5) is 35.6. The second-order valence-corrected chi connectivity index (χ2v) is 8.95. The van der Waals surface area contributed by atoms with Crippen LogP contribution in [0.3, 0.4) is 0 Å². The number of benzene rings is 2. The molecule has 0 heterocycles. The minimum Gasteiger partial charge on any atom is -0.493 e. The standard InChI is InChI=1S/C22H24Br2N4O5/c1-13(2)10-25-21(30)22(31)28-26-11-14-8-17(24)20(18(9-14)32-3)33-12-19(29)27-16-6-4-15(23)5-7-16/h4-9,11,13H,10,12H2,1-3H3,(H,25,30)(H,27,29)(H,28,31)/b26-11-. The van der Waals surface area contributed by atoms with Crippen molar-refractivity contribution in [2.75, 3.05) is 25.6 Å². The molecule has 0 saturated carbocycles. The Kier molecular flexibility index (Phi) is 10.3. The molecule has 2 rings (SSSR count). The van der Waals surface area contributed by atoms with Crippen LogP contribution in [0.2, 0.25) is 0 Å². The van der Waals surface area contributed by atoms with E-state index >= 15 is 0 Å². The van der Waals surface area contributed by atoms with Crippen LogP contribution in [0.1, 0.15) is 19.4 Å². The van der Waals surface area contributed by atoms with Crippen LogP contribution >= 0.6 is 31.9 Å². The van der Waals surface area contributed by atoms with E-state index in [-0.39, 0.29) is 18.4 Å². The van der Waals surface area contributed by atoms with Crippen LogP contribution in [0.4, 0.5) is 5.69 Å². The molecular formula is C22H24Br2N4O5. The van der Waals surface area contributed by atoms with Crippen LogP contribution in [0.25, 0.3) is 0 Å². The fraction of sp³-hybridized carbons (Fsp3) is 0.273. The first-order valence-corrected chi connectivity index (χ1v) is 11.4. The Hall–Kier alpha value is -2.92. The van der Waals surface area contributed by atoms with Gasteiger partial charge in [-0.05, 0) is 63.8 Å². The Bertz CT molecular complexity index is 1030. The second kappa shape index (κ2) is 12.9. The van der Waals surface area contributed by atoms with Gasteiger partial charge in [0.25, 0.3) is 5.91 Å². The Labute approximate surface area is 208 Å². The highest BCUT2D eigenvalue weighted by molar-refractivity contribution is 9.10. The van der Waals surface area contributed by atoms with Gasteiger partial charge in [-0.1, -0.05) is 29.8 Å². The largest absolute Gasteiger partial charge is 0.493 e. The first-order chi connectivity index (χ1) is 15.7. The normalized spacial score (nSPS) is 10.7. The first-order valence-electron chi connectivity index (χ1n) is 9.86. The molecule has 176 valence electrons. The average molecular weight is 584 g/mol. The maximum atomic E-state index is 12.2. The number of anilines is 1. The number of methoxy groups -OCH3 is 1. The number of carbonyl (C=O) groups excluding carboxylic acids is 3. The van der Waals surface area contributed by atoms with Gasteiger partial charge in [0.15, 0.2) is 18.1 Å². The zero-order chi connectivity index (χ0) is 24.4. The van der Waals surface area contributed by atoms with Gasteiger partial charge in [-0.2, -0.15) is 5.10 Å². The predicted octanol–water partition coefficient (Wildman–Crippen LogP) is 3.46. The summed E-state index contributed by atoms with van der Waals surface area (Å²) in [5.74, 6) is -1.06. The molecule has 0 unspecified atom stereocenters. The third-order valence-corrected chi connectivity index (χ3v) is 5.10. The van der Waals surface area contributed by atoms with Crippen molar-refractivity contribution >= 4 is 61.5 Å². The smallest absolute Gasteiger partial charge is 0.329 e. The van der Waals surface area contributed by atoms with E-state index < -0.39 is 11.8 Å². The number of carbonyl (C=O) groups is 3. The molecule has 0 atom stereocenters. The molecule has 0 radical (unpaired) electrons. The highest BCUT2D eigenvalue weighted by atomic mass is 79.9. The van der Waals surface area contributed by atoms with Crippen molar-refractivity contribution in [3.05, 3.63) is 50.9 Å². The Morgan fingerprint density at radius 2 is 1.79 bits per heavy atom. The van der Waals surface area contributed by atoms with E-state index in [2.05, 4.69) is 53.0 Å². The predicted molar refractivity (Wildman–Crippen MR) is 133 cm³/mol. The first kappa shape index (κ1) is 26.3. The zero-order valence-electron chi connectivity index (χ0n) is 18.3. The third-order valence-electron chi connectivity index (χ3n) is 3.98. The van der Waals surface area contributed by atoms with Gasteiger partial charge in [0, 0.05) is 16.7 Å². The van der Waals surface area contributed by atoms with Gasteiger partial charge in [-0.3, -0.25) is 14.4 Å². The number of nitrogens with one attached hydrogen (secondary N) is 3. The summed E-state index contributed by atoms with van der Waals surface area (Å²) < 4.78 is 12.4. The molecule has 0 fully saturated rings. The number of amides is 3. The third kappa shape index (κ3) is 8.85. The number of ether oxygens (including phenoxy) is 2. The van der Waals surface area contributed by atoms with E-state index in [4.69, 9.17) is 9.47 Å². The van der Waals surface area contributed by atoms with Crippen LogP contribution in [-0.4, -0.2) is 44.2 Å². The van der Waals surface area contributed by atoms with Crippen molar-refractivity contribution in [3.8, 4) is 11.5 Å². The fourth-order valence-corrected chi connectivity index (χ4v) is 3.25. The SMILES string of the molecule is COc1cc(/C=N\NC(=O)C(=O)NCC(C)C)cc(Br)c1OCC(=O)Nc1ccc(Br)cc1. The summed E-state index contributed by atoms with van der Waals surface area (Å²) in [5, 5.41) is 9.03. The number of hydrogen-bond acceptors (Lipinski definition) is 6. The Morgan fingerprint density at radius 3 is 2.42 bits per heavy atom. The molecule has 3 amide bonds. The highest BCUT2D eigenvalue weighted by Gasteiger charge is 2.15. The van der Waals surface area contributed by atoms with Crippen LogP contribution in [0.15, 0.2) is 50.4 Å². The van der Waals surface area contributed by atoms with Gasteiger partial charge in [0.2, 0.25) is 0 Å². The highest BCUT2D eigenvalue weighted by Crippen LogP contribution is 2.36. The molecule has 0 saturated heterocycles. The van der Waals surface area contributed by atoms with Crippen LogP contribution in [-0.2, 0) is 14.4 Å². The molecular weight excluding hydrogens is 560 g/mol. The molecule has 9 nitrogen and oxygen atoms in total. The minimum absolute atomic E-state index is 0.225. The summed E-state index contributed by atoms with van der Waals surface area (Å²) in [6, 6.07) is 10.4. The van der Waals surface area contributed by atoms with Gasteiger partial charge in [-0.15, -0.1) is 0 Å². The molecule has 0 aromatic heterocycles.